The summed E-state index contributed by atoms with van der Waals surface area (Å²) in [7, 11) is 1.78. The molecule has 0 saturated carbocycles. The van der Waals surface area contributed by atoms with E-state index in [0.29, 0.717) is 29.7 Å². The number of carbonyl (C=O) groups is 4. The summed E-state index contributed by atoms with van der Waals surface area (Å²) in [6, 6.07) is 8.43. The van der Waals surface area contributed by atoms with Gasteiger partial charge in [0, 0.05) is 25.8 Å². The molecule has 10 nitrogen and oxygen atoms in total. The first-order valence-electron chi connectivity index (χ1n) is 12.9. The predicted octanol–water partition coefficient (Wildman–Crippen LogP) is 2.28. The minimum absolute atomic E-state index is 0.0378. The Morgan fingerprint density at radius 2 is 1.51 bits per heavy atom. The second-order valence-electron chi connectivity index (χ2n) is 11.3. The molecule has 5 N–H and O–H groups in total. The second-order valence-corrected chi connectivity index (χ2v) is 11.3. The summed E-state index contributed by atoms with van der Waals surface area (Å²) in [6.45, 7) is 6.20. The van der Waals surface area contributed by atoms with Gasteiger partial charge in [0.05, 0.1) is 0 Å². The van der Waals surface area contributed by atoms with Gasteiger partial charge in [-0.25, -0.2) is 9.59 Å². The van der Waals surface area contributed by atoms with Gasteiger partial charge in [0.25, 0.3) is 0 Å². The third kappa shape index (κ3) is 8.03. The maximum atomic E-state index is 13.3. The maximum Gasteiger partial charge on any atom is 0.326 e. The Morgan fingerprint density at radius 3 is 2.05 bits per heavy atom. The van der Waals surface area contributed by atoms with Crippen molar-refractivity contribution >= 4 is 23.8 Å². The number of aliphatic carboxylic acids is 2. The van der Waals surface area contributed by atoms with E-state index in [0.717, 1.165) is 5.56 Å². The summed E-state index contributed by atoms with van der Waals surface area (Å²) in [5.74, 6) is -3.18. The number of carboxylic acids is 2. The van der Waals surface area contributed by atoms with Gasteiger partial charge in [-0.15, -0.1) is 0 Å². The first kappa shape index (κ1) is 29.6. The SMILES string of the molecule is CN1CCc2cc(O)ccc2C1C(=O)NC(Cc1ccccc1CC(NC(=O)CC(C)(C)C)C(=O)O)C(=O)O. The number of amides is 2. The molecule has 39 heavy (non-hydrogen) atoms. The van der Waals surface area contributed by atoms with Crippen molar-refractivity contribution in [2.45, 2.75) is 64.6 Å². The fourth-order valence-corrected chi connectivity index (χ4v) is 4.85. The Balaban J connectivity index is 1.78. The highest BCUT2D eigenvalue weighted by Gasteiger charge is 2.34. The van der Waals surface area contributed by atoms with Crippen molar-refractivity contribution in [2.75, 3.05) is 13.6 Å². The normalized spacial score (nSPS) is 17.0. The molecule has 3 rings (SSSR count). The van der Waals surface area contributed by atoms with Gasteiger partial charge in [0.15, 0.2) is 0 Å². The van der Waals surface area contributed by atoms with Crippen molar-refractivity contribution in [2.24, 2.45) is 5.41 Å². The molecule has 210 valence electrons. The van der Waals surface area contributed by atoms with E-state index in [-0.39, 0.29) is 36.3 Å². The van der Waals surface area contributed by atoms with Crippen LogP contribution in [0.2, 0.25) is 0 Å². The third-order valence-corrected chi connectivity index (χ3v) is 6.75. The average molecular weight is 540 g/mol. The van der Waals surface area contributed by atoms with E-state index in [1.807, 2.05) is 25.7 Å². The van der Waals surface area contributed by atoms with E-state index in [2.05, 4.69) is 10.6 Å². The lowest BCUT2D eigenvalue weighted by Crippen LogP contribution is -2.49. The van der Waals surface area contributed by atoms with Gasteiger partial charge in [-0.05, 0) is 53.3 Å². The molecule has 3 atom stereocenters. The molecule has 3 unspecified atom stereocenters. The fraction of sp³-hybridized carbons (Fsp3) is 0.448. The minimum Gasteiger partial charge on any atom is -0.508 e. The van der Waals surface area contributed by atoms with Gasteiger partial charge >= 0.3 is 11.9 Å². The van der Waals surface area contributed by atoms with Gasteiger partial charge < -0.3 is 26.0 Å². The van der Waals surface area contributed by atoms with Crippen LogP contribution < -0.4 is 10.6 Å². The maximum absolute atomic E-state index is 13.3. The zero-order chi connectivity index (χ0) is 28.9. The molecular formula is C29H37N3O7. The molecule has 0 bridgehead atoms. The van der Waals surface area contributed by atoms with Gasteiger partial charge in [-0.3, -0.25) is 14.5 Å². The van der Waals surface area contributed by atoms with E-state index in [4.69, 9.17) is 0 Å². The van der Waals surface area contributed by atoms with Crippen molar-refractivity contribution in [3.63, 3.8) is 0 Å². The smallest absolute Gasteiger partial charge is 0.326 e. The van der Waals surface area contributed by atoms with Crippen molar-refractivity contribution in [1.82, 2.24) is 15.5 Å². The number of nitrogens with one attached hydrogen (secondary N) is 2. The zero-order valence-electron chi connectivity index (χ0n) is 22.7. The highest BCUT2D eigenvalue weighted by atomic mass is 16.4. The van der Waals surface area contributed by atoms with E-state index >= 15 is 0 Å². The van der Waals surface area contributed by atoms with Crippen LogP contribution in [-0.4, -0.2) is 69.6 Å². The molecule has 0 radical (unpaired) electrons. The Morgan fingerprint density at radius 1 is 0.949 bits per heavy atom. The molecule has 2 amide bonds. The summed E-state index contributed by atoms with van der Waals surface area (Å²) in [6.07, 6.45) is 0.697. The van der Waals surface area contributed by atoms with Gasteiger partial charge in [-0.1, -0.05) is 51.1 Å². The number of benzene rings is 2. The third-order valence-electron chi connectivity index (χ3n) is 6.75. The number of likely N-dealkylation sites (N-methyl/N-ethyl adjacent to an activating group) is 1. The monoisotopic (exact) mass is 539 g/mol. The van der Waals surface area contributed by atoms with E-state index in [1.165, 1.54) is 6.07 Å². The highest BCUT2D eigenvalue weighted by Crippen LogP contribution is 2.31. The summed E-state index contributed by atoms with van der Waals surface area (Å²) < 4.78 is 0. The quantitative estimate of drug-likeness (QED) is 0.308. The van der Waals surface area contributed by atoms with Gasteiger partial charge in [-0.2, -0.15) is 0 Å². The Bertz CT molecular complexity index is 1240. The number of hydrogen-bond acceptors (Lipinski definition) is 6. The molecule has 2 aromatic rings. The number of nitrogens with zero attached hydrogens (tertiary/aromatic N) is 1. The van der Waals surface area contributed by atoms with Crippen molar-refractivity contribution in [3.8, 4) is 5.75 Å². The van der Waals surface area contributed by atoms with Crippen molar-refractivity contribution in [3.05, 3.63) is 64.7 Å². The van der Waals surface area contributed by atoms with E-state index in [1.54, 1.807) is 43.4 Å². The first-order chi connectivity index (χ1) is 18.2. The average Bonchev–Trinajstić information content (AvgIpc) is 2.82. The summed E-state index contributed by atoms with van der Waals surface area (Å²) in [5.41, 5.74) is 2.35. The highest BCUT2D eigenvalue weighted by molar-refractivity contribution is 5.88. The number of phenolic OH excluding ortho intramolecular Hbond substituents is 1. The standard InChI is InChI=1S/C29H37N3O7/c1-29(2,3)16-24(34)30-22(27(36)37)14-17-7-5-6-8-18(17)15-23(28(38)39)31-26(35)25-21-10-9-20(33)13-19(21)11-12-32(25)4/h5-10,13,22-23,25,33H,11-12,14-16H2,1-4H3,(H,30,34)(H,31,35)(H,36,37)(H,38,39). The number of rotatable bonds is 10. The van der Waals surface area contributed by atoms with Crippen LogP contribution in [0.3, 0.4) is 0 Å². The number of aromatic hydroxyl groups is 1. The Hall–Kier alpha value is -3.92. The molecule has 0 spiro atoms. The molecule has 1 aliphatic heterocycles. The summed E-state index contributed by atoms with van der Waals surface area (Å²) >= 11 is 0. The van der Waals surface area contributed by atoms with Gasteiger partial charge in [0.2, 0.25) is 11.8 Å². The molecule has 1 aliphatic rings. The largest absolute Gasteiger partial charge is 0.508 e. The van der Waals surface area contributed by atoms with Crippen LogP contribution in [0.5, 0.6) is 5.75 Å². The molecule has 1 heterocycles. The fourth-order valence-electron chi connectivity index (χ4n) is 4.85. The summed E-state index contributed by atoms with van der Waals surface area (Å²) in [4.78, 5) is 51.7. The summed E-state index contributed by atoms with van der Waals surface area (Å²) in [5, 5.41) is 34.8. The number of phenols is 1. The molecular weight excluding hydrogens is 502 g/mol. The van der Waals surface area contributed by atoms with Crippen LogP contribution in [-0.2, 0) is 38.4 Å². The van der Waals surface area contributed by atoms with Crippen molar-refractivity contribution in [1.29, 1.82) is 0 Å². The predicted molar refractivity (Wildman–Crippen MR) is 144 cm³/mol. The first-order valence-corrected chi connectivity index (χ1v) is 12.9. The Kier molecular flexibility index (Phi) is 9.34. The molecule has 2 aromatic carbocycles. The number of carboxylic acid groups (broad SMARTS) is 2. The van der Waals surface area contributed by atoms with Crippen LogP contribution in [0.15, 0.2) is 42.5 Å². The lowest BCUT2D eigenvalue weighted by Gasteiger charge is -2.34. The Labute approximate surface area is 228 Å². The molecule has 0 fully saturated rings. The zero-order valence-corrected chi connectivity index (χ0v) is 22.7. The topological polar surface area (TPSA) is 156 Å². The lowest BCUT2D eigenvalue weighted by molar-refractivity contribution is -0.143. The molecule has 0 saturated heterocycles. The van der Waals surface area contributed by atoms with Gasteiger partial charge in [0.1, 0.15) is 23.9 Å². The lowest BCUT2D eigenvalue weighted by atomic mass is 9.91. The number of fused-ring (bicyclic) bond motifs is 1. The van der Waals surface area contributed by atoms with E-state index < -0.39 is 36.0 Å². The van der Waals surface area contributed by atoms with Crippen molar-refractivity contribution < 1.29 is 34.5 Å². The van der Waals surface area contributed by atoms with Crippen LogP contribution in [0.1, 0.15) is 55.5 Å². The number of carbonyl (C=O) groups excluding carboxylic acids is 2. The minimum atomic E-state index is -1.27. The van der Waals surface area contributed by atoms with Crippen LogP contribution >= 0.6 is 0 Å². The molecule has 0 aliphatic carbocycles. The van der Waals surface area contributed by atoms with Crippen LogP contribution in [0.25, 0.3) is 0 Å². The van der Waals surface area contributed by atoms with Crippen LogP contribution in [0.4, 0.5) is 0 Å². The van der Waals surface area contributed by atoms with Crippen LogP contribution in [0, 0.1) is 5.41 Å². The molecule has 10 heteroatoms. The molecule has 0 aromatic heterocycles. The second kappa shape index (κ2) is 12.3. The number of hydrogen-bond donors (Lipinski definition) is 5. The van der Waals surface area contributed by atoms with E-state index in [9.17, 15) is 34.5 Å².